The van der Waals surface area contributed by atoms with Gasteiger partial charge < -0.3 is 10.0 Å². The molecule has 2 fully saturated rings. The van der Waals surface area contributed by atoms with E-state index in [4.69, 9.17) is 0 Å². The van der Waals surface area contributed by atoms with Crippen molar-refractivity contribution in [2.75, 3.05) is 18.1 Å². The highest BCUT2D eigenvalue weighted by Gasteiger charge is 2.61. The fourth-order valence-corrected chi connectivity index (χ4v) is 7.70. The highest BCUT2D eigenvalue weighted by molar-refractivity contribution is 8.01. The summed E-state index contributed by atoms with van der Waals surface area (Å²) in [6.45, 7) is 1.86. The number of hydrogen-bond donors (Lipinski definition) is 1. The molecule has 3 aliphatic heterocycles. The Kier molecular flexibility index (Phi) is 4.83. The van der Waals surface area contributed by atoms with Crippen LogP contribution in [0.25, 0.3) is 0 Å². The maximum Gasteiger partial charge on any atom is 0.313 e. The highest BCUT2D eigenvalue weighted by atomic mass is 32.2. The lowest BCUT2D eigenvalue weighted by Gasteiger charge is -2.55. The van der Waals surface area contributed by atoms with Gasteiger partial charge >= 0.3 is 5.97 Å². The third kappa shape index (κ3) is 3.07. The molecule has 1 aromatic heterocycles. The number of thioether (sulfide) groups is 2. The Morgan fingerprint density at radius 3 is 2.48 bits per heavy atom. The average Bonchev–Trinajstić information content (AvgIpc) is 3.29. The van der Waals surface area contributed by atoms with Crippen LogP contribution in [0.5, 0.6) is 0 Å². The standard InChI is InChI=1S/C19H16N4O5S3/c1-9-20-21-18(31-9)30-8-19(17(27)28)6-22-15(26)12(16(22)29-7-19)23-13(24)10-4-2-3-5-11(10)14(23)25/h2-5,12,16H,6-8H2,1H3,(H,27,28)/t12?,16-,19?/m1/s1. The third-order valence-corrected chi connectivity index (χ3v) is 9.49. The Morgan fingerprint density at radius 1 is 1.23 bits per heavy atom. The van der Waals surface area contributed by atoms with Crippen LogP contribution in [-0.2, 0) is 9.59 Å². The fourth-order valence-electron chi connectivity index (χ4n) is 3.98. The van der Waals surface area contributed by atoms with E-state index in [0.717, 1.165) is 9.91 Å². The second kappa shape index (κ2) is 7.31. The van der Waals surface area contributed by atoms with Gasteiger partial charge in [-0.2, -0.15) is 0 Å². The summed E-state index contributed by atoms with van der Waals surface area (Å²) in [5.41, 5.74) is -0.556. The van der Waals surface area contributed by atoms with E-state index in [0.29, 0.717) is 15.5 Å². The molecule has 3 atom stereocenters. The van der Waals surface area contributed by atoms with Crippen molar-refractivity contribution in [1.29, 1.82) is 0 Å². The van der Waals surface area contributed by atoms with E-state index in [9.17, 15) is 24.3 Å². The molecular weight excluding hydrogens is 460 g/mol. The number of carbonyl (C=O) groups is 4. The second-order valence-corrected chi connectivity index (χ2v) is 11.1. The minimum absolute atomic E-state index is 0.0310. The SMILES string of the molecule is Cc1nnc(SCC2(C(=O)O)CS[C@@H]3C(N4C(=O)c5ccccc5C4=O)C(=O)N3C2)s1. The second-order valence-electron chi connectivity index (χ2n) is 7.60. The maximum absolute atomic E-state index is 13.0. The van der Waals surface area contributed by atoms with Crippen molar-refractivity contribution < 1.29 is 24.3 Å². The monoisotopic (exact) mass is 476 g/mol. The van der Waals surface area contributed by atoms with Crippen LogP contribution >= 0.6 is 34.9 Å². The van der Waals surface area contributed by atoms with Gasteiger partial charge in [-0.25, -0.2) is 0 Å². The summed E-state index contributed by atoms with van der Waals surface area (Å²) >= 11 is 4.01. The molecule has 2 unspecified atom stereocenters. The number of fused-ring (bicyclic) bond motifs is 2. The number of carboxylic acid groups (broad SMARTS) is 1. The topological polar surface area (TPSA) is 121 Å². The molecular formula is C19H16N4O5S3. The number of imide groups is 1. The normalized spacial score (nSPS) is 27.2. The maximum atomic E-state index is 13.0. The zero-order chi connectivity index (χ0) is 21.9. The summed E-state index contributed by atoms with van der Waals surface area (Å²) < 4.78 is 0.684. The Morgan fingerprint density at radius 2 is 1.90 bits per heavy atom. The number of aromatic nitrogens is 2. The predicted octanol–water partition coefficient (Wildman–Crippen LogP) is 1.59. The number of aliphatic carboxylic acids is 1. The highest BCUT2D eigenvalue weighted by Crippen LogP contribution is 2.47. The molecule has 0 radical (unpaired) electrons. The lowest BCUT2D eigenvalue weighted by Crippen LogP contribution is -2.74. The van der Waals surface area contributed by atoms with Crippen molar-refractivity contribution in [2.24, 2.45) is 5.41 Å². The molecule has 2 aromatic rings. The van der Waals surface area contributed by atoms with E-state index in [2.05, 4.69) is 10.2 Å². The Hall–Kier alpha value is -2.44. The summed E-state index contributed by atoms with van der Waals surface area (Å²) in [5.74, 6) is -1.81. The summed E-state index contributed by atoms with van der Waals surface area (Å²) in [4.78, 5) is 53.2. The molecule has 9 nitrogen and oxygen atoms in total. The van der Waals surface area contributed by atoms with Crippen LogP contribution in [0.3, 0.4) is 0 Å². The lowest BCUT2D eigenvalue weighted by molar-refractivity contribution is -0.158. The van der Waals surface area contributed by atoms with E-state index in [1.54, 1.807) is 24.3 Å². The first-order valence-electron chi connectivity index (χ1n) is 9.38. The Bertz CT molecular complexity index is 1100. The molecule has 0 aliphatic carbocycles. The Balaban J connectivity index is 1.33. The molecule has 12 heteroatoms. The van der Waals surface area contributed by atoms with Crippen LogP contribution in [0.1, 0.15) is 25.7 Å². The van der Waals surface area contributed by atoms with Crippen molar-refractivity contribution in [2.45, 2.75) is 22.7 Å². The first-order chi connectivity index (χ1) is 14.8. The molecule has 5 rings (SSSR count). The zero-order valence-corrected chi connectivity index (χ0v) is 18.6. The van der Waals surface area contributed by atoms with Crippen LogP contribution in [-0.4, -0.2) is 78.3 Å². The van der Waals surface area contributed by atoms with Gasteiger partial charge in [0.25, 0.3) is 11.8 Å². The van der Waals surface area contributed by atoms with E-state index >= 15 is 0 Å². The number of benzene rings is 1. The number of nitrogens with zero attached hydrogens (tertiary/aromatic N) is 4. The van der Waals surface area contributed by atoms with Gasteiger partial charge in [0.2, 0.25) is 5.91 Å². The van der Waals surface area contributed by atoms with Gasteiger partial charge in [0.05, 0.1) is 11.1 Å². The third-order valence-electron chi connectivity index (χ3n) is 5.65. The molecule has 0 bridgehead atoms. The smallest absolute Gasteiger partial charge is 0.313 e. The fraction of sp³-hybridized carbons (Fsp3) is 0.368. The molecule has 2 saturated heterocycles. The first-order valence-corrected chi connectivity index (χ1v) is 12.2. The Labute approximate surface area is 189 Å². The molecule has 3 amide bonds. The predicted molar refractivity (Wildman–Crippen MR) is 114 cm³/mol. The van der Waals surface area contributed by atoms with E-state index in [1.165, 1.54) is 39.8 Å². The lowest BCUT2D eigenvalue weighted by atomic mass is 9.89. The van der Waals surface area contributed by atoms with Gasteiger partial charge in [0, 0.05) is 18.1 Å². The number of hydrogen-bond acceptors (Lipinski definition) is 9. The largest absolute Gasteiger partial charge is 0.481 e. The van der Waals surface area contributed by atoms with Gasteiger partial charge in [-0.1, -0.05) is 35.2 Å². The van der Waals surface area contributed by atoms with E-state index < -0.39 is 40.5 Å². The number of carboxylic acids is 1. The number of aryl methyl sites for hydroxylation is 1. The number of rotatable bonds is 5. The summed E-state index contributed by atoms with van der Waals surface area (Å²) in [5, 5.41) is 18.3. The van der Waals surface area contributed by atoms with Gasteiger partial charge in [0.15, 0.2) is 4.34 Å². The number of β-lactam (4-membered cyclic amide) rings is 1. The molecule has 31 heavy (non-hydrogen) atoms. The molecule has 0 spiro atoms. The van der Waals surface area contributed by atoms with Gasteiger partial charge in [-0.3, -0.25) is 24.1 Å². The van der Waals surface area contributed by atoms with Crippen LogP contribution in [0.4, 0.5) is 0 Å². The van der Waals surface area contributed by atoms with Gasteiger partial charge in [-0.05, 0) is 19.1 Å². The number of amides is 3. The van der Waals surface area contributed by atoms with Crippen molar-refractivity contribution in [3.63, 3.8) is 0 Å². The molecule has 4 heterocycles. The minimum Gasteiger partial charge on any atom is -0.481 e. The first kappa shape index (κ1) is 20.5. The molecule has 1 N–H and O–H groups in total. The summed E-state index contributed by atoms with van der Waals surface area (Å²) in [7, 11) is 0. The molecule has 0 saturated carbocycles. The van der Waals surface area contributed by atoms with Crippen molar-refractivity contribution in [3.8, 4) is 0 Å². The average molecular weight is 477 g/mol. The van der Waals surface area contributed by atoms with Crippen LogP contribution in [0, 0.1) is 12.3 Å². The summed E-state index contributed by atoms with van der Waals surface area (Å²) in [6.07, 6.45) is 0. The van der Waals surface area contributed by atoms with E-state index in [-0.39, 0.29) is 18.1 Å². The quantitative estimate of drug-likeness (QED) is 0.389. The minimum atomic E-state index is -1.14. The zero-order valence-electron chi connectivity index (χ0n) is 16.2. The summed E-state index contributed by atoms with van der Waals surface area (Å²) in [6, 6.07) is 5.60. The van der Waals surface area contributed by atoms with Crippen molar-refractivity contribution >= 4 is 58.6 Å². The van der Waals surface area contributed by atoms with Crippen molar-refractivity contribution in [3.05, 3.63) is 40.4 Å². The number of carbonyl (C=O) groups excluding carboxylic acids is 3. The van der Waals surface area contributed by atoms with Crippen molar-refractivity contribution in [1.82, 2.24) is 20.0 Å². The van der Waals surface area contributed by atoms with Gasteiger partial charge in [0.1, 0.15) is 21.8 Å². The van der Waals surface area contributed by atoms with Crippen LogP contribution in [0.2, 0.25) is 0 Å². The van der Waals surface area contributed by atoms with Crippen LogP contribution in [0.15, 0.2) is 28.6 Å². The molecule has 1 aromatic carbocycles. The van der Waals surface area contributed by atoms with E-state index in [1.807, 2.05) is 6.92 Å². The molecule has 160 valence electrons. The van der Waals surface area contributed by atoms with Crippen LogP contribution < -0.4 is 0 Å². The van der Waals surface area contributed by atoms with Gasteiger partial charge in [-0.15, -0.1) is 22.0 Å². The molecule has 3 aliphatic rings.